The van der Waals surface area contributed by atoms with Crippen LogP contribution in [0, 0.1) is 5.92 Å². The zero-order chi connectivity index (χ0) is 16.0. The molecule has 3 atom stereocenters. The largest absolute Gasteiger partial charge is 0.480 e. The van der Waals surface area contributed by atoms with Crippen molar-refractivity contribution in [2.45, 2.75) is 44.2 Å². The number of hydrogen-bond acceptors (Lipinski definition) is 2. The summed E-state index contributed by atoms with van der Waals surface area (Å²) in [7, 11) is 0. The van der Waals surface area contributed by atoms with Crippen LogP contribution in [0.25, 0.3) is 10.9 Å². The summed E-state index contributed by atoms with van der Waals surface area (Å²) < 4.78 is 0. The Balaban J connectivity index is 1.70. The van der Waals surface area contributed by atoms with Crippen molar-refractivity contribution in [1.82, 2.24) is 9.88 Å². The Morgan fingerprint density at radius 1 is 1.17 bits per heavy atom. The van der Waals surface area contributed by atoms with E-state index in [1.54, 1.807) is 11.0 Å². The van der Waals surface area contributed by atoms with Gasteiger partial charge in [-0.05, 0) is 49.4 Å². The predicted molar refractivity (Wildman–Crippen MR) is 86.3 cm³/mol. The molecular formula is C18H20N2O3. The third kappa shape index (κ3) is 2.31. The van der Waals surface area contributed by atoms with Crippen LogP contribution in [0.4, 0.5) is 0 Å². The second kappa shape index (κ2) is 5.41. The van der Waals surface area contributed by atoms with Gasteiger partial charge in [0.2, 0.25) is 0 Å². The van der Waals surface area contributed by atoms with Crippen LogP contribution < -0.4 is 0 Å². The number of carboxylic acid groups (broad SMARTS) is 1. The van der Waals surface area contributed by atoms with Crippen LogP contribution >= 0.6 is 0 Å². The van der Waals surface area contributed by atoms with Crippen molar-refractivity contribution in [1.29, 1.82) is 0 Å². The first-order valence-electron chi connectivity index (χ1n) is 8.28. The van der Waals surface area contributed by atoms with Crippen molar-refractivity contribution in [3.8, 4) is 0 Å². The third-order valence-electron chi connectivity index (χ3n) is 5.41. The molecule has 2 fully saturated rings. The predicted octanol–water partition coefficient (Wildman–Crippen LogP) is 3.03. The summed E-state index contributed by atoms with van der Waals surface area (Å²) in [5, 5.41) is 10.5. The maximum absolute atomic E-state index is 13.0. The highest BCUT2D eigenvalue weighted by atomic mass is 16.4. The molecule has 5 heteroatoms. The van der Waals surface area contributed by atoms with E-state index < -0.39 is 12.0 Å². The first kappa shape index (κ1) is 14.3. The molecule has 2 heterocycles. The summed E-state index contributed by atoms with van der Waals surface area (Å²) in [6.07, 6.45) is 6.62. The average Bonchev–Trinajstić information content (AvgIpc) is 3.17. The van der Waals surface area contributed by atoms with Gasteiger partial charge >= 0.3 is 5.97 Å². The quantitative estimate of drug-likeness (QED) is 0.895. The van der Waals surface area contributed by atoms with E-state index in [4.69, 9.17) is 0 Å². The highest BCUT2D eigenvalue weighted by molar-refractivity contribution is 6.00. The van der Waals surface area contributed by atoms with E-state index in [1.165, 1.54) is 0 Å². The molecule has 1 amide bonds. The third-order valence-corrected chi connectivity index (χ3v) is 5.41. The summed E-state index contributed by atoms with van der Waals surface area (Å²) >= 11 is 0. The van der Waals surface area contributed by atoms with Gasteiger partial charge in [-0.25, -0.2) is 4.79 Å². The number of fused-ring (bicyclic) bond motifs is 2. The number of carbonyl (C=O) groups is 2. The molecule has 4 rings (SSSR count). The van der Waals surface area contributed by atoms with E-state index in [0.29, 0.717) is 17.9 Å². The first-order valence-corrected chi connectivity index (χ1v) is 8.28. The number of rotatable bonds is 2. The van der Waals surface area contributed by atoms with Gasteiger partial charge in [0, 0.05) is 28.7 Å². The number of aliphatic carboxylic acids is 1. The van der Waals surface area contributed by atoms with Crippen molar-refractivity contribution in [2.75, 3.05) is 0 Å². The molecule has 0 bridgehead atoms. The molecule has 1 aromatic heterocycles. The van der Waals surface area contributed by atoms with E-state index >= 15 is 0 Å². The Kier molecular flexibility index (Phi) is 3.36. The topological polar surface area (TPSA) is 73.4 Å². The van der Waals surface area contributed by atoms with E-state index in [9.17, 15) is 14.7 Å². The van der Waals surface area contributed by atoms with E-state index in [0.717, 1.165) is 36.6 Å². The summed E-state index contributed by atoms with van der Waals surface area (Å²) in [6.45, 7) is 0. The Morgan fingerprint density at radius 2 is 2.00 bits per heavy atom. The Hall–Kier alpha value is -2.30. The standard InChI is InChI=1S/C18H20N2O3/c21-17(13-5-6-14-11(9-13)7-8-19-14)20-15-4-2-1-3-12(15)10-16(20)18(22)23/h5-9,12,15-16,19H,1-4,10H2,(H,22,23)/t12-,15-,16-/m0/s1. The fraction of sp³-hybridized carbons (Fsp3) is 0.444. The summed E-state index contributed by atoms with van der Waals surface area (Å²) in [5.74, 6) is -0.685. The highest BCUT2D eigenvalue weighted by Gasteiger charge is 2.47. The second-order valence-corrected chi connectivity index (χ2v) is 6.69. The molecule has 1 saturated carbocycles. The van der Waals surface area contributed by atoms with Gasteiger partial charge in [0.15, 0.2) is 0 Å². The lowest BCUT2D eigenvalue weighted by molar-refractivity contribution is -0.141. The van der Waals surface area contributed by atoms with Crippen molar-refractivity contribution in [3.63, 3.8) is 0 Å². The number of amides is 1. The molecule has 0 unspecified atom stereocenters. The molecule has 1 saturated heterocycles. The molecule has 1 aromatic carbocycles. The number of likely N-dealkylation sites (tertiary alicyclic amines) is 1. The number of hydrogen-bond donors (Lipinski definition) is 2. The summed E-state index contributed by atoms with van der Waals surface area (Å²) in [5.41, 5.74) is 1.56. The molecule has 120 valence electrons. The van der Waals surface area contributed by atoms with Crippen LogP contribution in [0.5, 0.6) is 0 Å². The Bertz CT molecular complexity index is 766. The lowest BCUT2D eigenvalue weighted by Gasteiger charge is -2.33. The monoisotopic (exact) mass is 312 g/mol. The van der Waals surface area contributed by atoms with Crippen LogP contribution in [-0.2, 0) is 4.79 Å². The first-order chi connectivity index (χ1) is 11.1. The van der Waals surface area contributed by atoms with Gasteiger partial charge in [-0.3, -0.25) is 4.79 Å². The zero-order valence-corrected chi connectivity index (χ0v) is 12.9. The number of carbonyl (C=O) groups excluding carboxylic acids is 1. The molecule has 2 N–H and O–H groups in total. The van der Waals surface area contributed by atoms with Crippen LogP contribution in [0.1, 0.15) is 42.5 Å². The van der Waals surface area contributed by atoms with Crippen LogP contribution in [0.2, 0.25) is 0 Å². The van der Waals surface area contributed by atoms with Gasteiger partial charge in [-0.15, -0.1) is 0 Å². The van der Waals surface area contributed by atoms with Crippen molar-refractivity contribution >= 4 is 22.8 Å². The Morgan fingerprint density at radius 3 is 2.83 bits per heavy atom. The van der Waals surface area contributed by atoms with E-state index in [1.807, 2.05) is 24.4 Å². The molecule has 0 radical (unpaired) electrons. The molecule has 5 nitrogen and oxygen atoms in total. The minimum atomic E-state index is -0.879. The average molecular weight is 312 g/mol. The fourth-order valence-electron chi connectivity index (χ4n) is 4.31. The minimum Gasteiger partial charge on any atom is -0.480 e. The SMILES string of the molecule is O=C(O)[C@@H]1C[C@@H]2CCCC[C@@H]2N1C(=O)c1ccc2[nH]ccc2c1. The minimum absolute atomic E-state index is 0.0827. The van der Waals surface area contributed by atoms with Gasteiger partial charge in [0.05, 0.1) is 0 Å². The van der Waals surface area contributed by atoms with E-state index in [-0.39, 0.29) is 11.9 Å². The molecule has 2 aromatic rings. The number of aromatic amines is 1. The number of aromatic nitrogens is 1. The zero-order valence-electron chi connectivity index (χ0n) is 12.9. The smallest absolute Gasteiger partial charge is 0.326 e. The lowest BCUT2D eigenvalue weighted by atomic mass is 9.84. The van der Waals surface area contributed by atoms with E-state index in [2.05, 4.69) is 4.98 Å². The molecule has 0 spiro atoms. The lowest BCUT2D eigenvalue weighted by Crippen LogP contribution is -2.46. The van der Waals surface area contributed by atoms with Crippen molar-refractivity contribution in [2.24, 2.45) is 5.92 Å². The van der Waals surface area contributed by atoms with Gasteiger partial charge in [0.1, 0.15) is 6.04 Å². The summed E-state index contributed by atoms with van der Waals surface area (Å²) in [6, 6.07) is 6.84. The van der Waals surface area contributed by atoms with Gasteiger partial charge < -0.3 is 15.0 Å². The second-order valence-electron chi connectivity index (χ2n) is 6.69. The molecule has 1 aliphatic carbocycles. The van der Waals surface area contributed by atoms with Gasteiger partial charge in [0.25, 0.3) is 5.91 Å². The number of nitrogens with zero attached hydrogens (tertiary/aromatic N) is 1. The van der Waals surface area contributed by atoms with Crippen LogP contribution in [-0.4, -0.2) is 39.0 Å². The molecule has 23 heavy (non-hydrogen) atoms. The van der Waals surface area contributed by atoms with Crippen LogP contribution in [0.3, 0.4) is 0 Å². The van der Waals surface area contributed by atoms with Gasteiger partial charge in [-0.1, -0.05) is 12.8 Å². The fourth-order valence-corrected chi connectivity index (χ4v) is 4.31. The molecule has 1 aliphatic heterocycles. The molecular weight excluding hydrogens is 292 g/mol. The normalized spacial score (nSPS) is 27.1. The van der Waals surface area contributed by atoms with Gasteiger partial charge in [-0.2, -0.15) is 0 Å². The molecule has 2 aliphatic rings. The highest BCUT2D eigenvalue weighted by Crippen LogP contribution is 2.40. The number of nitrogens with one attached hydrogen (secondary N) is 1. The maximum atomic E-state index is 13.0. The van der Waals surface area contributed by atoms with Crippen molar-refractivity contribution in [3.05, 3.63) is 36.0 Å². The number of benzene rings is 1. The summed E-state index contributed by atoms with van der Waals surface area (Å²) in [4.78, 5) is 29.5. The maximum Gasteiger partial charge on any atom is 0.326 e. The number of H-pyrrole nitrogens is 1. The van der Waals surface area contributed by atoms with Crippen molar-refractivity contribution < 1.29 is 14.7 Å². The van der Waals surface area contributed by atoms with Crippen LogP contribution in [0.15, 0.2) is 30.5 Å². The number of carboxylic acids is 1. The Labute approximate surface area is 134 Å².